The maximum absolute atomic E-state index is 12.5. The quantitative estimate of drug-likeness (QED) is 0.363. The van der Waals surface area contributed by atoms with Crippen LogP contribution in [0.25, 0.3) is 10.9 Å². The third-order valence-electron chi connectivity index (χ3n) is 6.70. The fourth-order valence-corrected chi connectivity index (χ4v) is 4.69. The topological polar surface area (TPSA) is 75.1 Å². The molecule has 180 valence electrons. The predicted molar refractivity (Wildman–Crippen MR) is 139 cm³/mol. The highest BCUT2D eigenvalue weighted by Gasteiger charge is 2.19. The Hall–Kier alpha value is -3.71. The van der Waals surface area contributed by atoms with Crippen molar-refractivity contribution in [1.82, 2.24) is 25.4 Å². The molecule has 1 aliphatic heterocycles. The normalized spacial score (nSPS) is 14.3. The number of nitrogens with one attached hydrogen (secondary N) is 2. The molecule has 0 bridgehead atoms. The molecule has 4 aromatic rings. The average molecular weight is 469 g/mol. The Kier molecular flexibility index (Phi) is 7.34. The average Bonchev–Trinajstić information content (AvgIpc) is 3.34. The van der Waals surface area contributed by atoms with Gasteiger partial charge in [-0.05, 0) is 67.8 Å². The molecule has 1 fully saturated rings. The molecule has 0 unspecified atom stereocenters. The van der Waals surface area contributed by atoms with Gasteiger partial charge in [0, 0.05) is 61.3 Å². The van der Waals surface area contributed by atoms with Crippen LogP contribution in [0.2, 0.25) is 0 Å². The number of hydrogen-bond acceptors (Lipinski definition) is 5. The van der Waals surface area contributed by atoms with E-state index in [1.165, 1.54) is 16.6 Å². The van der Waals surface area contributed by atoms with E-state index in [0.717, 1.165) is 51.0 Å². The number of carbonyl (C=O) groups excluding carboxylic acids is 1. The molecular weight excluding hydrogens is 436 g/mol. The maximum atomic E-state index is 12.5. The molecule has 1 amide bonds. The number of hydrogen-bond donors (Lipinski definition) is 2. The molecule has 5 rings (SSSR count). The Morgan fingerprint density at radius 3 is 2.60 bits per heavy atom. The summed E-state index contributed by atoms with van der Waals surface area (Å²) in [4.78, 5) is 18.9. The minimum atomic E-state index is -0.0635. The standard InChI is InChI=1S/C28H32N6O/c35-28(31-20-22-5-3-14-29-19-22)23-8-10-26(11-9-23)33-17-12-25(13-18-33)30-15-4-16-34-27-7-2-1-6-24(27)21-32-34/h1-3,5-11,14,19,21,25,30H,4,12-13,15-18,20H2,(H,31,35). The van der Waals surface area contributed by atoms with Gasteiger partial charge in [0.2, 0.25) is 0 Å². The molecule has 2 aromatic heterocycles. The van der Waals surface area contributed by atoms with E-state index in [2.05, 4.69) is 66.7 Å². The van der Waals surface area contributed by atoms with Gasteiger partial charge in [-0.25, -0.2) is 0 Å². The van der Waals surface area contributed by atoms with E-state index >= 15 is 0 Å². The molecule has 3 heterocycles. The second kappa shape index (κ2) is 11.1. The van der Waals surface area contributed by atoms with Gasteiger partial charge < -0.3 is 15.5 Å². The first-order chi connectivity index (χ1) is 17.3. The highest BCUT2D eigenvalue weighted by Crippen LogP contribution is 2.21. The number of anilines is 1. The van der Waals surface area contributed by atoms with Crippen LogP contribution in [-0.2, 0) is 13.1 Å². The van der Waals surface area contributed by atoms with Crippen molar-refractivity contribution in [3.05, 3.63) is 90.4 Å². The van der Waals surface area contributed by atoms with E-state index in [1.807, 2.05) is 30.5 Å². The molecule has 0 radical (unpaired) electrons. The molecular formula is C28H32N6O. The molecule has 35 heavy (non-hydrogen) atoms. The van der Waals surface area contributed by atoms with Gasteiger partial charge in [0.05, 0.1) is 11.7 Å². The maximum Gasteiger partial charge on any atom is 0.251 e. The van der Waals surface area contributed by atoms with Crippen molar-refractivity contribution in [2.24, 2.45) is 0 Å². The van der Waals surface area contributed by atoms with Crippen LogP contribution >= 0.6 is 0 Å². The van der Waals surface area contributed by atoms with Crippen LogP contribution in [0.15, 0.2) is 79.3 Å². The molecule has 7 heteroatoms. The van der Waals surface area contributed by atoms with Crippen molar-refractivity contribution >= 4 is 22.5 Å². The smallest absolute Gasteiger partial charge is 0.251 e. The van der Waals surface area contributed by atoms with Gasteiger partial charge in [-0.2, -0.15) is 5.10 Å². The van der Waals surface area contributed by atoms with Gasteiger partial charge in [0.15, 0.2) is 0 Å². The molecule has 2 N–H and O–H groups in total. The van der Waals surface area contributed by atoms with Gasteiger partial charge in [-0.15, -0.1) is 0 Å². The lowest BCUT2D eigenvalue weighted by molar-refractivity contribution is 0.0951. The second-order valence-electron chi connectivity index (χ2n) is 9.09. The van der Waals surface area contributed by atoms with E-state index in [0.29, 0.717) is 18.2 Å². The van der Waals surface area contributed by atoms with Crippen molar-refractivity contribution in [3.8, 4) is 0 Å². The Labute approximate surface area is 206 Å². The zero-order valence-electron chi connectivity index (χ0n) is 19.9. The number of para-hydroxylation sites is 1. The number of piperidine rings is 1. The lowest BCUT2D eigenvalue weighted by atomic mass is 10.0. The summed E-state index contributed by atoms with van der Waals surface area (Å²) in [6.07, 6.45) is 8.75. The predicted octanol–water partition coefficient (Wildman–Crippen LogP) is 4.01. The van der Waals surface area contributed by atoms with Crippen LogP contribution < -0.4 is 15.5 Å². The van der Waals surface area contributed by atoms with Crippen molar-refractivity contribution in [1.29, 1.82) is 0 Å². The minimum absolute atomic E-state index is 0.0635. The third kappa shape index (κ3) is 5.87. The van der Waals surface area contributed by atoms with Gasteiger partial charge in [-0.1, -0.05) is 24.3 Å². The lowest BCUT2D eigenvalue weighted by Gasteiger charge is -2.34. The first-order valence-electron chi connectivity index (χ1n) is 12.4. The number of nitrogens with zero attached hydrogens (tertiary/aromatic N) is 4. The summed E-state index contributed by atoms with van der Waals surface area (Å²) in [6, 6.07) is 20.7. The van der Waals surface area contributed by atoms with Crippen LogP contribution in [0.4, 0.5) is 5.69 Å². The summed E-state index contributed by atoms with van der Waals surface area (Å²) in [5.41, 5.74) is 4.05. The van der Waals surface area contributed by atoms with E-state index in [4.69, 9.17) is 0 Å². The Balaban J connectivity index is 1.03. The van der Waals surface area contributed by atoms with Crippen LogP contribution in [0.5, 0.6) is 0 Å². The van der Waals surface area contributed by atoms with Crippen molar-refractivity contribution in [2.45, 2.75) is 38.4 Å². The fraction of sp³-hybridized carbons (Fsp3) is 0.321. The van der Waals surface area contributed by atoms with Crippen LogP contribution in [0.1, 0.15) is 35.2 Å². The van der Waals surface area contributed by atoms with E-state index < -0.39 is 0 Å². The number of benzene rings is 2. The Morgan fingerprint density at radius 1 is 0.971 bits per heavy atom. The number of rotatable bonds is 9. The van der Waals surface area contributed by atoms with Crippen LogP contribution in [-0.4, -0.2) is 46.3 Å². The molecule has 2 aromatic carbocycles. The summed E-state index contributed by atoms with van der Waals surface area (Å²) >= 11 is 0. The Morgan fingerprint density at radius 2 is 1.80 bits per heavy atom. The summed E-state index contributed by atoms with van der Waals surface area (Å²) in [6.45, 7) is 4.46. The van der Waals surface area contributed by atoms with Gasteiger partial charge in [0.1, 0.15) is 0 Å². The first kappa shape index (κ1) is 23.1. The number of amides is 1. The zero-order valence-corrected chi connectivity index (χ0v) is 19.9. The van der Waals surface area contributed by atoms with E-state index in [1.54, 1.807) is 12.4 Å². The first-order valence-corrected chi connectivity index (χ1v) is 12.4. The summed E-state index contributed by atoms with van der Waals surface area (Å²) in [5, 5.41) is 12.4. The number of pyridine rings is 1. The van der Waals surface area contributed by atoms with Crippen molar-refractivity contribution < 1.29 is 4.79 Å². The van der Waals surface area contributed by atoms with E-state index in [9.17, 15) is 4.79 Å². The SMILES string of the molecule is O=C(NCc1cccnc1)c1ccc(N2CCC(NCCCn3ncc4ccccc43)CC2)cc1. The van der Waals surface area contributed by atoms with Crippen molar-refractivity contribution in [3.63, 3.8) is 0 Å². The minimum Gasteiger partial charge on any atom is -0.371 e. The zero-order chi connectivity index (χ0) is 23.9. The molecule has 7 nitrogen and oxygen atoms in total. The summed E-state index contributed by atoms with van der Waals surface area (Å²) < 4.78 is 2.10. The fourth-order valence-electron chi connectivity index (χ4n) is 4.69. The van der Waals surface area contributed by atoms with Crippen LogP contribution in [0, 0.1) is 0 Å². The largest absolute Gasteiger partial charge is 0.371 e. The van der Waals surface area contributed by atoms with Crippen molar-refractivity contribution in [2.75, 3.05) is 24.5 Å². The second-order valence-corrected chi connectivity index (χ2v) is 9.09. The molecule has 0 atom stereocenters. The number of carbonyl (C=O) groups is 1. The molecule has 0 aliphatic carbocycles. The number of aromatic nitrogens is 3. The van der Waals surface area contributed by atoms with E-state index in [-0.39, 0.29) is 5.91 Å². The van der Waals surface area contributed by atoms with Crippen LogP contribution in [0.3, 0.4) is 0 Å². The summed E-state index contributed by atoms with van der Waals surface area (Å²) in [7, 11) is 0. The molecule has 0 saturated carbocycles. The highest BCUT2D eigenvalue weighted by atomic mass is 16.1. The lowest BCUT2D eigenvalue weighted by Crippen LogP contribution is -2.43. The monoisotopic (exact) mass is 468 g/mol. The highest BCUT2D eigenvalue weighted by molar-refractivity contribution is 5.94. The third-order valence-corrected chi connectivity index (χ3v) is 6.70. The number of fused-ring (bicyclic) bond motifs is 1. The van der Waals surface area contributed by atoms with Gasteiger partial charge in [-0.3, -0.25) is 14.5 Å². The summed E-state index contributed by atoms with van der Waals surface area (Å²) in [5.74, 6) is -0.0635. The van der Waals surface area contributed by atoms with Gasteiger partial charge in [0.25, 0.3) is 5.91 Å². The Bertz CT molecular complexity index is 1230. The van der Waals surface area contributed by atoms with Gasteiger partial charge >= 0.3 is 0 Å². The number of aryl methyl sites for hydroxylation is 1. The molecule has 1 aliphatic rings. The molecule has 1 saturated heterocycles. The molecule has 0 spiro atoms.